The van der Waals surface area contributed by atoms with E-state index in [0.717, 1.165) is 21.4 Å². The number of anilines is 2. The summed E-state index contributed by atoms with van der Waals surface area (Å²) in [6, 6.07) is 15.4. The maximum atomic E-state index is 13.0. The summed E-state index contributed by atoms with van der Waals surface area (Å²) in [6.45, 7) is 1.90. The van der Waals surface area contributed by atoms with Crippen molar-refractivity contribution in [2.24, 2.45) is 0 Å². The van der Waals surface area contributed by atoms with Gasteiger partial charge in [-0.25, -0.2) is 12.7 Å². The van der Waals surface area contributed by atoms with Crippen molar-refractivity contribution >= 4 is 32.4 Å². The first-order valence-electron chi connectivity index (χ1n) is 6.41. The molecule has 0 saturated carbocycles. The molecule has 3 aromatic rings. The Bertz CT molecular complexity index is 848. The summed E-state index contributed by atoms with van der Waals surface area (Å²) in [5.41, 5.74) is 1.48. The first kappa shape index (κ1) is 14.6. The van der Waals surface area contributed by atoms with Gasteiger partial charge in [-0.1, -0.05) is 45.5 Å². The van der Waals surface area contributed by atoms with Gasteiger partial charge in [0.15, 0.2) is 0 Å². The summed E-state index contributed by atoms with van der Waals surface area (Å²) in [6.07, 6.45) is 0. The van der Waals surface area contributed by atoms with Crippen molar-refractivity contribution < 1.29 is 8.42 Å². The highest BCUT2D eigenvalue weighted by Crippen LogP contribution is 2.32. The predicted octanol–water partition coefficient (Wildman–Crippen LogP) is 2.77. The zero-order valence-electron chi connectivity index (χ0n) is 11.6. The molecule has 1 heterocycles. The number of benzene rings is 2. The molecular formula is C14H12N4O2S2. The van der Waals surface area contributed by atoms with Crippen LogP contribution in [0.3, 0.4) is 0 Å². The third-order valence-electron chi connectivity index (χ3n) is 3.01. The first-order chi connectivity index (χ1) is 10.6. The molecule has 0 N–H and O–H groups in total. The smallest absolute Gasteiger partial charge is 0.206 e. The molecule has 112 valence electrons. The highest BCUT2D eigenvalue weighted by Gasteiger charge is 2.29. The summed E-state index contributed by atoms with van der Waals surface area (Å²) < 4.78 is 30.8. The van der Waals surface area contributed by atoms with E-state index in [1.54, 1.807) is 48.5 Å². The first-order valence-corrected chi connectivity index (χ1v) is 8.62. The SMILES string of the molecule is Cc1ccc(S(=O)(=O)N(c2ccccc2)c2nnns2)cc1. The second-order valence-corrected chi connectivity index (χ2v) is 7.06. The fourth-order valence-corrected chi connectivity index (χ4v) is 4.06. The Kier molecular flexibility index (Phi) is 3.86. The van der Waals surface area contributed by atoms with Crippen LogP contribution in [0.2, 0.25) is 0 Å². The molecule has 0 aliphatic rings. The van der Waals surface area contributed by atoms with Crippen LogP contribution in [0.25, 0.3) is 0 Å². The summed E-state index contributed by atoms with van der Waals surface area (Å²) in [7, 11) is -3.79. The summed E-state index contributed by atoms with van der Waals surface area (Å²) >= 11 is 0.925. The van der Waals surface area contributed by atoms with E-state index in [4.69, 9.17) is 0 Å². The second kappa shape index (κ2) is 5.82. The topological polar surface area (TPSA) is 76.1 Å². The van der Waals surface area contributed by atoms with Crippen molar-refractivity contribution in [3.8, 4) is 0 Å². The van der Waals surface area contributed by atoms with Gasteiger partial charge in [0.2, 0.25) is 5.13 Å². The zero-order chi connectivity index (χ0) is 15.6. The number of hydrogen-bond acceptors (Lipinski definition) is 6. The minimum atomic E-state index is -3.79. The summed E-state index contributed by atoms with van der Waals surface area (Å²) in [5, 5.41) is 7.51. The Hall–Kier alpha value is -2.32. The molecule has 0 atom stereocenters. The third-order valence-corrected chi connectivity index (χ3v) is 5.44. The molecule has 0 aliphatic carbocycles. The van der Waals surface area contributed by atoms with Crippen LogP contribution in [0.5, 0.6) is 0 Å². The molecule has 0 spiro atoms. The fourth-order valence-electron chi connectivity index (χ4n) is 1.94. The Balaban J connectivity index is 2.16. The van der Waals surface area contributed by atoms with E-state index in [1.807, 2.05) is 13.0 Å². The zero-order valence-corrected chi connectivity index (χ0v) is 13.3. The molecule has 3 rings (SSSR count). The van der Waals surface area contributed by atoms with Crippen LogP contribution in [-0.2, 0) is 10.0 Å². The normalized spacial score (nSPS) is 11.3. The van der Waals surface area contributed by atoms with Crippen molar-refractivity contribution in [1.82, 2.24) is 14.8 Å². The largest absolute Gasteiger partial charge is 0.270 e. The van der Waals surface area contributed by atoms with Gasteiger partial charge in [0.05, 0.1) is 10.6 Å². The number of para-hydroxylation sites is 1. The van der Waals surface area contributed by atoms with E-state index >= 15 is 0 Å². The number of sulfonamides is 1. The molecule has 8 heteroatoms. The standard InChI is InChI=1S/C14H12N4O2S2/c1-11-7-9-13(10-8-11)22(19,20)18(14-15-16-17-21-14)12-5-3-2-4-6-12/h2-10H,1H3. The van der Waals surface area contributed by atoms with Gasteiger partial charge in [-0.15, -0.1) is 0 Å². The Morgan fingerprint density at radius 1 is 1.00 bits per heavy atom. The molecular weight excluding hydrogens is 320 g/mol. The number of hydrogen-bond donors (Lipinski definition) is 0. The number of rotatable bonds is 4. The van der Waals surface area contributed by atoms with Crippen LogP contribution in [0, 0.1) is 6.92 Å². The van der Waals surface area contributed by atoms with Crippen molar-refractivity contribution in [2.45, 2.75) is 11.8 Å². The number of aromatic nitrogens is 3. The van der Waals surface area contributed by atoms with Gasteiger partial charge in [0, 0.05) is 11.5 Å². The molecule has 22 heavy (non-hydrogen) atoms. The molecule has 6 nitrogen and oxygen atoms in total. The maximum absolute atomic E-state index is 13.0. The van der Waals surface area contributed by atoms with E-state index in [-0.39, 0.29) is 10.0 Å². The quantitative estimate of drug-likeness (QED) is 0.734. The lowest BCUT2D eigenvalue weighted by molar-refractivity contribution is 0.596. The van der Waals surface area contributed by atoms with Crippen LogP contribution in [0.1, 0.15) is 5.56 Å². The van der Waals surface area contributed by atoms with Crippen molar-refractivity contribution in [3.05, 3.63) is 60.2 Å². The van der Waals surface area contributed by atoms with Crippen LogP contribution >= 0.6 is 11.5 Å². The second-order valence-electron chi connectivity index (χ2n) is 4.56. The lowest BCUT2D eigenvalue weighted by Gasteiger charge is -2.20. The average Bonchev–Trinajstić information content (AvgIpc) is 3.02. The van der Waals surface area contributed by atoms with E-state index < -0.39 is 10.0 Å². The van der Waals surface area contributed by atoms with Gasteiger partial charge in [-0.2, -0.15) is 0 Å². The molecule has 0 radical (unpaired) electrons. The van der Waals surface area contributed by atoms with Gasteiger partial charge in [-0.3, -0.25) is 0 Å². The Labute approximate surface area is 132 Å². The molecule has 0 unspecified atom stereocenters. The van der Waals surface area contributed by atoms with E-state index in [9.17, 15) is 8.42 Å². The van der Waals surface area contributed by atoms with Crippen LogP contribution in [-0.4, -0.2) is 23.2 Å². The van der Waals surface area contributed by atoms with Gasteiger partial charge >= 0.3 is 0 Å². The average molecular weight is 332 g/mol. The van der Waals surface area contributed by atoms with Crippen LogP contribution in [0.4, 0.5) is 10.8 Å². The molecule has 1 aromatic heterocycles. The third kappa shape index (κ3) is 2.70. The molecule has 0 amide bonds. The van der Waals surface area contributed by atoms with E-state index in [1.165, 1.54) is 0 Å². The monoisotopic (exact) mass is 332 g/mol. The number of nitrogens with zero attached hydrogens (tertiary/aromatic N) is 4. The predicted molar refractivity (Wildman–Crippen MR) is 84.6 cm³/mol. The lowest BCUT2D eigenvalue weighted by Crippen LogP contribution is -2.26. The van der Waals surface area contributed by atoms with Gasteiger partial charge in [0.25, 0.3) is 10.0 Å². The van der Waals surface area contributed by atoms with Crippen molar-refractivity contribution in [3.63, 3.8) is 0 Å². The fraction of sp³-hybridized carbons (Fsp3) is 0.0714. The summed E-state index contributed by atoms with van der Waals surface area (Å²) in [4.78, 5) is 0.192. The molecule has 0 aliphatic heterocycles. The molecule has 0 bridgehead atoms. The van der Waals surface area contributed by atoms with Crippen LogP contribution in [0.15, 0.2) is 59.5 Å². The highest BCUT2D eigenvalue weighted by molar-refractivity contribution is 7.93. The van der Waals surface area contributed by atoms with Crippen molar-refractivity contribution in [1.29, 1.82) is 0 Å². The molecule has 0 fully saturated rings. The molecule has 0 saturated heterocycles. The van der Waals surface area contributed by atoms with Crippen LogP contribution < -0.4 is 4.31 Å². The minimum Gasteiger partial charge on any atom is -0.206 e. The van der Waals surface area contributed by atoms with Crippen molar-refractivity contribution in [2.75, 3.05) is 4.31 Å². The van der Waals surface area contributed by atoms with E-state index in [2.05, 4.69) is 14.8 Å². The van der Waals surface area contributed by atoms with E-state index in [0.29, 0.717) is 5.69 Å². The van der Waals surface area contributed by atoms with Gasteiger partial charge in [0.1, 0.15) is 0 Å². The number of aryl methyl sites for hydroxylation is 1. The molecule has 2 aromatic carbocycles. The van der Waals surface area contributed by atoms with Gasteiger partial charge in [-0.05, 0) is 36.4 Å². The Morgan fingerprint density at radius 3 is 2.27 bits per heavy atom. The Morgan fingerprint density at radius 2 is 1.68 bits per heavy atom. The highest BCUT2D eigenvalue weighted by atomic mass is 32.2. The lowest BCUT2D eigenvalue weighted by atomic mass is 10.2. The summed E-state index contributed by atoms with van der Waals surface area (Å²) in [5.74, 6) is 0. The minimum absolute atomic E-state index is 0.192. The van der Waals surface area contributed by atoms with Gasteiger partial charge < -0.3 is 0 Å². The maximum Gasteiger partial charge on any atom is 0.270 e.